The summed E-state index contributed by atoms with van der Waals surface area (Å²) in [5, 5.41) is 8.41. The first kappa shape index (κ1) is 26.0. The van der Waals surface area contributed by atoms with E-state index < -0.39 is 5.97 Å². The minimum atomic E-state index is -1.01. The molecule has 0 fully saturated rings. The topological polar surface area (TPSA) is 37.3 Å². The van der Waals surface area contributed by atoms with Crippen molar-refractivity contribution in [2.24, 2.45) is 0 Å². The van der Waals surface area contributed by atoms with Crippen molar-refractivity contribution in [3.63, 3.8) is 0 Å². The van der Waals surface area contributed by atoms with E-state index in [2.05, 4.69) is 18.8 Å². The van der Waals surface area contributed by atoms with E-state index in [1.54, 1.807) is 0 Å². The van der Waals surface area contributed by atoms with Crippen LogP contribution >= 0.6 is 0 Å². The van der Waals surface area contributed by atoms with Crippen LogP contribution in [-0.4, -0.2) is 11.1 Å². The second kappa shape index (κ2) is 23.1. The molecule has 2 nitrogen and oxygen atoms in total. The van der Waals surface area contributed by atoms with Gasteiger partial charge in [-0.05, 0) is 6.42 Å². The number of carboxylic acids is 1. The Morgan fingerprint density at radius 3 is 1.15 bits per heavy atom. The molecule has 158 valence electrons. The lowest BCUT2D eigenvalue weighted by atomic mass is 10.0. The first-order chi connectivity index (χ1) is 13.3. The molecule has 0 aliphatic rings. The van der Waals surface area contributed by atoms with E-state index >= 15 is 0 Å². The van der Waals surface area contributed by atoms with Gasteiger partial charge in [0.25, 0.3) is 0 Å². The van der Waals surface area contributed by atoms with Crippen molar-refractivity contribution < 1.29 is 9.90 Å². The van der Waals surface area contributed by atoms with Crippen LogP contribution in [0.3, 0.4) is 0 Å². The van der Waals surface area contributed by atoms with Gasteiger partial charge in [0, 0.05) is 12.3 Å². The Hall–Kier alpha value is -0.970. The summed E-state index contributed by atoms with van der Waals surface area (Å²) in [5.74, 6) is 3.86. The highest BCUT2D eigenvalue weighted by Crippen LogP contribution is 2.14. The molecule has 2 heteroatoms. The van der Waals surface area contributed by atoms with Gasteiger partial charge < -0.3 is 5.11 Å². The molecule has 0 aliphatic heterocycles. The predicted molar refractivity (Wildman–Crippen MR) is 118 cm³/mol. The second-order valence-electron chi connectivity index (χ2n) is 8.07. The Labute approximate surface area is 169 Å². The van der Waals surface area contributed by atoms with Crippen molar-refractivity contribution >= 4 is 5.97 Å². The number of rotatable bonds is 20. The smallest absolute Gasteiger partial charge is 0.381 e. The Balaban J connectivity index is 3.03. The lowest BCUT2D eigenvalue weighted by molar-refractivity contribution is -0.130. The molecule has 1 N–H and O–H groups in total. The van der Waals surface area contributed by atoms with Gasteiger partial charge in [0.15, 0.2) is 0 Å². The second-order valence-corrected chi connectivity index (χ2v) is 8.07. The van der Waals surface area contributed by atoms with Crippen molar-refractivity contribution in [3.8, 4) is 11.8 Å². The molecule has 0 spiro atoms. The fourth-order valence-electron chi connectivity index (χ4n) is 3.61. The zero-order valence-corrected chi connectivity index (χ0v) is 18.2. The summed E-state index contributed by atoms with van der Waals surface area (Å²) in [4.78, 5) is 10.2. The highest BCUT2D eigenvalue weighted by Gasteiger charge is 1.95. The van der Waals surface area contributed by atoms with Crippen LogP contribution < -0.4 is 0 Å². The lowest BCUT2D eigenvalue weighted by Gasteiger charge is -2.04. The maximum atomic E-state index is 10.2. The summed E-state index contributed by atoms with van der Waals surface area (Å²) in [6.45, 7) is 2.29. The third kappa shape index (κ3) is 25.0. The Morgan fingerprint density at radius 2 is 0.852 bits per heavy atom. The predicted octanol–water partition coefficient (Wildman–Crippen LogP) is 8.29. The fourth-order valence-corrected chi connectivity index (χ4v) is 3.61. The van der Waals surface area contributed by atoms with Crippen molar-refractivity contribution in [1.82, 2.24) is 0 Å². The highest BCUT2D eigenvalue weighted by molar-refractivity contribution is 5.86. The molecule has 0 radical (unpaired) electrons. The zero-order valence-electron chi connectivity index (χ0n) is 18.2. The van der Waals surface area contributed by atoms with Crippen molar-refractivity contribution in [3.05, 3.63) is 0 Å². The SMILES string of the molecule is CCCCCCCCCCCCCCCCCCCCCCC#CC(=O)O. The van der Waals surface area contributed by atoms with Gasteiger partial charge in [-0.1, -0.05) is 135 Å². The molecule has 0 atom stereocenters. The van der Waals surface area contributed by atoms with E-state index in [0.717, 1.165) is 12.8 Å². The third-order valence-electron chi connectivity index (χ3n) is 5.35. The zero-order chi connectivity index (χ0) is 19.8. The molecule has 0 unspecified atom stereocenters. The molecular formula is C25H46O2. The first-order valence-corrected chi connectivity index (χ1v) is 12.0. The number of aliphatic carboxylic acids is 1. The van der Waals surface area contributed by atoms with Crippen LogP contribution in [0.4, 0.5) is 0 Å². The molecule has 0 bridgehead atoms. The van der Waals surface area contributed by atoms with Gasteiger partial charge in [-0.2, -0.15) is 0 Å². The summed E-state index contributed by atoms with van der Waals surface area (Å²) in [7, 11) is 0. The molecule has 0 rings (SSSR count). The van der Waals surface area contributed by atoms with Gasteiger partial charge in [0.05, 0.1) is 0 Å². The Bertz CT molecular complexity index is 364. The maximum absolute atomic E-state index is 10.2. The summed E-state index contributed by atoms with van der Waals surface area (Å²) >= 11 is 0. The van der Waals surface area contributed by atoms with E-state index in [1.807, 2.05) is 0 Å². The van der Waals surface area contributed by atoms with Gasteiger partial charge >= 0.3 is 5.97 Å². The largest absolute Gasteiger partial charge is 0.472 e. The standard InChI is InChI=1S/C25H46O2/c1-2-3-4-5-6-7-8-9-10-11-12-13-14-15-16-17-18-19-20-21-22-23-24-25(26)27/h2-22H2,1H3,(H,26,27). The summed E-state index contributed by atoms with van der Waals surface area (Å²) in [6, 6.07) is 0. The van der Waals surface area contributed by atoms with Crippen LogP contribution in [0.25, 0.3) is 0 Å². The van der Waals surface area contributed by atoms with Crippen LogP contribution in [0.15, 0.2) is 0 Å². The van der Waals surface area contributed by atoms with Crippen LogP contribution in [0.2, 0.25) is 0 Å². The van der Waals surface area contributed by atoms with Gasteiger partial charge in [-0.15, -0.1) is 0 Å². The minimum absolute atomic E-state index is 0.727. The van der Waals surface area contributed by atoms with Crippen molar-refractivity contribution in [2.75, 3.05) is 0 Å². The van der Waals surface area contributed by atoms with Gasteiger partial charge in [0.1, 0.15) is 0 Å². The fraction of sp³-hybridized carbons (Fsp3) is 0.880. The van der Waals surface area contributed by atoms with E-state index in [1.165, 1.54) is 122 Å². The van der Waals surface area contributed by atoms with E-state index in [9.17, 15) is 4.79 Å². The van der Waals surface area contributed by atoms with E-state index in [-0.39, 0.29) is 0 Å². The number of hydrogen-bond acceptors (Lipinski definition) is 1. The quantitative estimate of drug-likeness (QED) is 0.171. The number of unbranched alkanes of at least 4 members (excludes halogenated alkanes) is 20. The molecule has 0 aromatic rings. The number of hydrogen-bond donors (Lipinski definition) is 1. The molecule has 0 saturated carbocycles. The molecule has 27 heavy (non-hydrogen) atoms. The van der Waals surface area contributed by atoms with E-state index in [0.29, 0.717) is 0 Å². The summed E-state index contributed by atoms with van der Waals surface area (Å²) in [6.07, 6.45) is 28.4. The van der Waals surface area contributed by atoms with Crippen molar-refractivity contribution in [2.45, 2.75) is 142 Å². The first-order valence-electron chi connectivity index (χ1n) is 12.0. The van der Waals surface area contributed by atoms with Crippen LogP contribution in [0, 0.1) is 11.8 Å². The molecular weight excluding hydrogens is 332 g/mol. The average molecular weight is 379 g/mol. The maximum Gasteiger partial charge on any atom is 0.381 e. The normalized spacial score (nSPS) is 10.6. The van der Waals surface area contributed by atoms with Gasteiger partial charge in [0.2, 0.25) is 0 Å². The molecule has 0 amide bonds. The molecule has 0 aliphatic carbocycles. The lowest BCUT2D eigenvalue weighted by Crippen LogP contribution is -1.86. The minimum Gasteiger partial charge on any atom is -0.472 e. The van der Waals surface area contributed by atoms with E-state index in [4.69, 9.17) is 5.11 Å². The summed E-state index contributed by atoms with van der Waals surface area (Å²) in [5.41, 5.74) is 0. The summed E-state index contributed by atoms with van der Waals surface area (Å²) < 4.78 is 0. The Morgan fingerprint density at radius 1 is 0.556 bits per heavy atom. The van der Waals surface area contributed by atoms with Crippen LogP contribution in [-0.2, 0) is 4.79 Å². The van der Waals surface area contributed by atoms with Crippen LogP contribution in [0.1, 0.15) is 142 Å². The number of carbonyl (C=O) groups is 1. The van der Waals surface area contributed by atoms with Gasteiger partial charge in [-0.3, -0.25) is 0 Å². The molecule has 0 aromatic carbocycles. The van der Waals surface area contributed by atoms with Crippen molar-refractivity contribution in [1.29, 1.82) is 0 Å². The Kier molecular flexibility index (Phi) is 22.2. The van der Waals surface area contributed by atoms with Gasteiger partial charge in [-0.25, -0.2) is 4.79 Å². The third-order valence-corrected chi connectivity index (χ3v) is 5.35. The number of carboxylic acid groups (broad SMARTS) is 1. The molecule has 0 saturated heterocycles. The highest BCUT2D eigenvalue weighted by atomic mass is 16.4. The molecule has 0 aromatic heterocycles. The molecule has 0 heterocycles. The average Bonchev–Trinajstić information content (AvgIpc) is 2.65. The van der Waals surface area contributed by atoms with Crippen LogP contribution in [0.5, 0.6) is 0 Å². The monoisotopic (exact) mass is 378 g/mol.